The van der Waals surface area contributed by atoms with Crippen LogP contribution in [0.3, 0.4) is 0 Å². The molecule has 1 aromatic carbocycles. The number of carbonyl (C=O) groups is 1. The Kier molecular flexibility index (Phi) is 8.01. The molecule has 1 aromatic heterocycles. The van der Waals surface area contributed by atoms with Crippen molar-refractivity contribution >= 4 is 28.8 Å². The highest BCUT2D eigenvalue weighted by molar-refractivity contribution is 6.38. The third-order valence-electron chi connectivity index (χ3n) is 6.10. The van der Waals surface area contributed by atoms with Gasteiger partial charge in [0.2, 0.25) is 0 Å². The molecule has 2 aromatic rings. The van der Waals surface area contributed by atoms with Crippen molar-refractivity contribution < 1.29 is 4.79 Å². The predicted molar refractivity (Wildman–Crippen MR) is 137 cm³/mol. The lowest BCUT2D eigenvalue weighted by Crippen LogP contribution is -2.37. The fourth-order valence-electron chi connectivity index (χ4n) is 4.41. The smallest absolute Gasteiger partial charge is 0.265 e. The standard InChI is InChI=1S/C27H37N5O/c1-8-21-13-18(5)14-24(21)32-27(33)20(7)30-25-19(6)28-15-29-26(25)31-23-10-9-17(4)12-22(23)11-16(2)3/h8-10,12,15-16,18,24H,11,13-14H2,1-7H3,(H,32,33)(H,28,29,31)/b21-8+,30-20?. The summed E-state index contributed by atoms with van der Waals surface area (Å²) in [6, 6.07) is 6.46. The number of amides is 1. The van der Waals surface area contributed by atoms with E-state index in [0.717, 1.165) is 30.6 Å². The zero-order valence-electron chi connectivity index (χ0n) is 21.0. The first-order valence-corrected chi connectivity index (χ1v) is 11.9. The lowest BCUT2D eigenvalue weighted by molar-refractivity contribution is -0.115. The molecular weight excluding hydrogens is 410 g/mol. The number of allylic oxidation sites excluding steroid dienone is 1. The van der Waals surface area contributed by atoms with E-state index in [9.17, 15) is 4.79 Å². The normalized spacial score (nSPS) is 19.9. The Hall–Kier alpha value is -3.02. The van der Waals surface area contributed by atoms with Crippen LogP contribution in [0.25, 0.3) is 0 Å². The summed E-state index contributed by atoms with van der Waals surface area (Å²) in [6.45, 7) is 14.4. The molecule has 2 unspecified atom stereocenters. The minimum atomic E-state index is -0.154. The number of nitrogens with one attached hydrogen (secondary N) is 2. The molecule has 1 aliphatic rings. The molecule has 0 bridgehead atoms. The fraction of sp³-hybridized carbons (Fsp3) is 0.481. The summed E-state index contributed by atoms with van der Waals surface area (Å²) in [4.78, 5) is 26.4. The number of aliphatic imine (C=N–C) groups is 1. The number of benzene rings is 1. The van der Waals surface area contributed by atoms with Crippen molar-refractivity contribution in [3.05, 3.63) is 53.0 Å². The van der Waals surface area contributed by atoms with Crippen molar-refractivity contribution in [3.8, 4) is 0 Å². The number of nitrogens with zero attached hydrogens (tertiary/aromatic N) is 3. The molecule has 0 saturated heterocycles. The lowest BCUT2D eigenvalue weighted by atomic mass is 9.99. The number of hydrogen-bond donors (Lipinski definition) is 2. The van der Waals surface area contributed by atoms with E-state index in [0.29, 0.717) is 29.1 Å². The highest BCUT2D eigenvalue weighted by Crippen LogP contribution is 2.32. The molecular formula is C27H37N5O. The van der Waals surface area contributed by atoms with Crippen LogP contribution in [-0.4, -0.2) is 27.6 Å². The van der Waals surface area contributed by atoms with Gasteiger partial charge < -0.3 is 10.6 Å². The monoisotopic (exact) mass is 447 g/mol. The first kappa shape index (κ1) is 24.6. The molecule has 0 aliphatic heterocycles. The zero-order valence-corrected chi connectivity index (χ0v) is 21.0. The maximum Gasteiger partial charge on any atom is 0.265 e. The van der Waals surface area contributed by atoms with Crippen LogP contribution in [0.1, 0.15) is 64.3 Å². The molecule has 3 rings (SSSR count). The molecule has 1 aliphatic carbocycles. The number of aromatic nitrogens is 2. The summed E-state index contributed by atoms with van der Waals surface area (Å²) in [5.41, 5.74) is 6.47. The van der Waals surface area contributed by atoms with Crippen LogP contribution in [0, 0.1) is 25.7 Å². The van der Waals surface area contributed by atoms with Gasteiger partial charge in [-0.05, 0) is 70.4 Å². The quantitative estimate of drug-likeness (QED) is 0.404. The molecule has 1 amide bonds. The Morgan fingerprint density at radius 1 is 1.27 bits per heavy atom. The van der Waals surface area contributed by atoms with Crippen molar-refractivity contribution in [2.45, 2.75) is 73.8 Å². The van der Waals surface area contributed by atoms with Gasteiger partial charge in [0.05, 0.1) is 11.7 Å². The number of anilines is 2. The van der Waals surface area contributed by atoms with Crippen LogP contribution in [0.2, 0.25) is 0 Å². The van der Waals surface area contributed by atoms with Crippen LogP contribution in [-0.2, 0) is 11.2 Å². The van der Waals surface area contributed by atoms with Crippen LogP contribution < -0.4 is 10.6 Å². The van der Waals surface area contributed by atoms with E-state index in [1.54, 1.807) is 6.92 Å². The molecule has 6 heteroatoms. The zero-order chi connectivity index (χ0) is 24.1. The maximum absolute atomic E-state index is 12.9. The highest BCUT2D eigenvalue weighted by Gasteiger charge is 2.27. The summed E-state index contributed by atoms with van der Waals surface area (Å²) in [5.74, 6) is 1.56. The number of hydrogen-bond acceptors (Lipinski definition) is 5. The molecule has 33 heavy (non-hydrogen) atoms. The minimum Gasteiger partial charge on any atom is -0.345 e. The lowest BCUT2D eigenvalue weighted by Gasteiger charge is -2.17. The van der Waals surface area contributed by atoms with Gasteiger partial charge in [-0.2, -0.15) is 0 Å². The van der Waals surface area contributed by atoms with E-state index in [-0.39, 0.29) is 11.9 Å². The average Bonchev–Trinajstić information content (AvgIpc) is 3.10. The fourth-order valence-corrected chi connectivity index (χ4v) is 4.41. The Morgan fingerprint density at radius 3 is 2.73 bits per heavy atom. The molecule has 176 valence electrons. The topological polar surface area (TPSA) is 79.3 Å². The van der Waals surface area contributed by atoms with Crippen molar-refractivity contribution in [2.75, 3.05) is 5.32 Å². The molecule has 1 saturated carbocycles. The molecule has 0 radical (unpaired) electrons. The Labute approximate surface area is 198 Å². The minimum absolute atomic E-state index is 0.0829. The first-order chi connectivity index (χ1) is 15.7. The van der Waals surface area contributed by atoms with Gasteiger partial charge in [-0.3, -0.25) is 4.79 Å². The van der Waals surface area contributed by atoms with Crippen LogP contribution >= 0.6 is 0 Å². The van der Waals surface area contributed by atoms with E-state index in [1.807, 2.05) is 13.8 Å². The molecule has 1 heterocycles. The van der Waals surface area contributed by atoms with Crippen molar-refractivity contribution in [1.29, 1.82) is 0 Å². The number of aryl methyl sites for hydroxylation is 2. The SMILES string of the molecule is C/C=C1\CC(C)CC1NC(=O)C(C)=Nc1c(C)ncnc1Nc1ccc(C)cc1CC(C)C. The molecule has 6 nitrogen and oxygen atoms in total. The third kappa shape index (κ3) is 6.28. The van der Waals surface area contributed by atoms with E-state index in [1.165, 1.54) is 23.0 Å². The third-order valence-corrected chi connectivity index (χ3v) is 6.10. The van der Waals surface area contributed by atoms with Gasteiger partial charge in [-0.15, -0.1) is 0 Å². The summed E-state index contributed by atoms with van der Waals surface area (Å²) >= 11 is 0. The second-order valence-electron chi connectivity index (χ2n) is 9.67. The van der Waals surface area contributed by atoms with Crippen LogP contribution in [0.5, 0.6) is 0 Å². The summed E-state index contributed by atoms with van der Waals surface area (Å²) in [7, 11) is 0. The second-order valence-corrected chi connectivity index (χ2v) is 9.67. The highest BCUT2D eigenvalue weighted by atomic mass is 16.1. The van der Waals surface area contributed by atoms with Gasteiger partial charge in [-0.1, -0.05) is 50.1 Å². The van der Waals surface area contributed by atoms with Gasteiger partial charge >= 0.3 is 0 Å². The van der Waals surface area contributed by atoms with Crippen LogP contribution in [0.4, 0.5) is 17.2 Å². The number of rotatable bonds is 7. The number of carbonyl (C=O) groups excluding carboxylic acids is 1. The molecule has 2 N–H and O–H groups in total. The van der Waals surface area contributed by atoms with Gasteiger partial charge in [0, 0.05) is 5.69 Å². The van der Waals surface area contributed by atoms with Gasteiger partial charge in [-0.25, -0.2) is 15.0 Å². The van der Waals surface area contributed by atoms with Crippen molar-refractivity contribution in [3.63, 3.8) is 0 Å². The molecule has 1 fully saturated rings. The van der Waals surface area contributed by atoms with E-state index >= 15 is 0 Å². The second kappa shape index (κ2) is 10.7. The van der Waals surface area contributed by atoms with Crippen molar-refractivity contribution in [2.24, 2.45) is 16.8 Å². The van der Waals surface area contributed by atoms with Gasteiger partial charge in [0.15, 0.2) is 5.82 Å². The summed E-state index contributed by atoms with van der Waals surface area (Å²) in [6.07, 6.45) is 6.61. The summed E-state index contributed by atoms with van der Waals surface area (Å²) < 4.78 is 0. The van der Waals surface area contributed by atoms with E-state index in [2.05, 4.69) is 77.6 Å². The van der Waals surface area contributed by atoms with Gasteiger partial charge in [0.25, 0.3) is 5.91 Å². The maximum atomic E-state index is 12.9. The Balaban J connectivity index is 1.87. The van der Waals surface area contributed by atoms with E-state index in [4.69, 9.17) is 0 Å². The first-order valence-electron chi connectivity index (χ1n) is 11.9. The van der Waals surface area contributed by atoms with Gasteiger partial charge in [0.1, 0.15) is 17.7 Å². The Morgan fingerprint density at radius 2 is 2.03 bits per heavy atom. The molecule has 0 spiro atoms. The molecule has 2 atom stereocenters. The van der Waals surface area contributed by atoms with E-state index < -0.39 is 0 Å². The average molecular weight is 448 g/mol. The van der Waals surface area contributed by atoms with Crippen molar-refractivity contribution in [1.82, 2.24) is 15.3 Å². The van der Waals surface area contributed by atoms with Crippen LogP contribution in [0.15, 0.2) is 41.2 Å². The largest absolute Gasteiger partial charge is 0.345 e. The summed E-state index contributed by atoms with van der Waals surface area (Å²) in [5, 5.41) is 6.61. The predicted octanol–water partition coefficient (Wildman–Crippen LogP) is 5.99. The Bertz CT molecular complexity index is 1070.